The SMILES string of the molecule is CCON=C(c1ccc(F)c(F)c1)c1ccc(CN2CC3(C2)CN(c2cncc(C#N)c2)C3)cn1. The fourth-order valence-electron chi connectivity index (χ4n) is 4.76. The maximum atomic E-state index is 13.8. The van der Waals surface area contributed by atoms with Crippen LogP contribution < -0.4 is 4.90 Å². The second kappa shape index (κ2) is 9.39. The van der Waals surface area contributed by atoms with Gasteiger partial charge in [0, 0.05) is 56.1 Å². The summed E-state index contributed by atoms with van der Waals surface area (Å²) in [6, 6.07) is 11.4. The summed E-state index contributed by atoms with van der Waals surface area (Å²) in [5.41, 5.74) is 4.20. The summed E-state index contributed by atoms with van der Waals surface area (Å²) in [5, 5.41) is 13.2. The van der Waals surface area contributed by atoms with Crippen molar-refractivity contribution < 1.29 is 13.6 Å². The molecule has 0 bridgehead atoms. The Bertz CT molecular complexity index is 1290. The lowest BCUT2D eigenvalue weighted by atomic mass is 9.72. The molecule has 9 heteroatoms. The summed E-state index contributed by atoms with van der Waals surface area (Å²) >= 11 is 0. The minimum atomic E-state index is -0.946. The van der Waals surface area contributed by atoms with E-state index < -0.39 is 11.6 Å². The number of pyridine rings is 2. The molecule has 0 aliphatic carbocycles. The Morgan fingerprint density at radius 3 is 2.60 bits per heavy atom. The zero-order valence-electron chi connectivity index (χ0n) is 19.3. The van der Waals surface area contributed by atoms with Gasteiger partial charge in [0.05, 0.1) is 23.1 Å². The monoisotopic (exact) mass is 474 g/mol. The molecule has 2 aliphatic heterocycles. The number of halogens is 2. The third-order valence-corrected chi connectivity index (χ3v) is 6.34. The van der Waals surface area contributed by atoms with Crippen LogP contribution >= 0.6 is 0 Å². The van der Waals surface area contributed by atoms with E-state index in [1.165, 1.54) is 6.07 Å². The summed E-state index contributed by atoms with van der Waals surface area (Å²) in [6.45, 7) is 6.85. The van der Waals surface area contributed by atoms with Crippen LogP contribution in [-0.2, 0) is 11.4 Å². The van der Waals surface area contributed by atoms with Gasteiger partial charge < -0.3 is 9.74 Å². The Hall–Kier alpha value is -3.90. The largest absolute Gasteiger partial charge is 0.396 e. The molecule has 35 heavy (non-hydrogen) atoms. The molecule has 2 aromatic heterocycles. The first-order chi connectivity index (χ1) is 17.0. The Balaban J connectivity index is 1.19. The average Bonchev–Trinajstić information content (AvgIpc) is 2.83. The van der Waals surface area contributed by atoms with Crippen molar-refractivity contribution in [1.82, 2.24) is 14.9 Å². The fraction of sp³-hybridized carbons (Fsp3) is 0.308. The average molecular weight is 475 g/mol. The highest BCUT2D eigenvalue weighted by atomic mass is 19.2. The molecule has 5 rings (SSSR count). The van der Waals surface area contributed by atoms with Gasteiger partial charge in [-0.2, -0.15) is 5.26 Å². The molecule has 0 unspecified atom stereocenters. The number of hydrogen-bond donors (Lipinski definition) is 0. The number of nitriles is 1. The van der Waals surface area contributed by atoms with Crippen molar-refractivity contribution in [2.75, 3.05) is 37.7 Å². The summed E-state index contributed by atoms with van der Waals surface area (Å²) in [4.78, 5) is 18.5. The Kier molecular flexibility index (Phi) is 6.14. The summed E-state index contributed by atoms with van der Waals surface area (Å²) < 4.78 is 27.1. The van der Waals surface area contributed by atoms with Crippen LogP contribution in [0.1, 0.15) is 29.3 Å². The number of likely N-dealkylation sites (tertiary alicyclic amines) is 1. The van der Waals surface area contributed by atoms with Crippen molar-refractivity contribution in [3.63, 3.8) is 0 Å². The quantitative estimate of drug-likeness (QED) is 0.384. The second-order valence-electron chi connectivity index (χ2n) is 9.08. The molecular formula is C26H24F2N6O. The molecule has 1 spiro atoms. The first kappa shape index (κ1) is 22.9. The van der Waals surface area contributed by atoms with Gasteiger partial charge in [-0.05, 0) is 42.8 Å². The molecule has 0 saturated carbocycles. The summed E-state index contributed by atoms with van der Waals surface area (Å²) in [7, 11) is 0. The van der Waals surface area contributed by atoms with Gasteiger partial charge in [0.2, 0.25) is 0 Å². The minimum absolute atomic E-state index is 0.292. The zero-order chi connectivity index (χ0) is 24.4. The maximum Gasteiger partial charge on any atom is 0.159 e. The molecule has 2 fully saturated rings. The molecule has 3 aromatic rings. The van der Waals surface area contributed by atoms with E-state index >= 15 is 0 Å². The van der Waals surface area contributed by atoms with E-state index in [-0.39, 0.29) is 0 Å². The number of rotatable bonds is 7. The van der Waals surface area contributed by atoms with Crippen LogP contribution in [0, 0.1) is 28.4 Å². The first-order valence-electron chi connectivity index (χ1n) is 11.4. The van der Waals surface area contributed by atoms with Crippen LogP contribution in [0.25, 0.3) is 0 Å². The Morgan fingerprint density at radius 2 is 1.91 bits per heavy atom. The van der Waals surface area contributed by atoms with E-state index in [9.17, 15) is 8.78 Å². The number of benzene rings is 1. The van der Waals surface area contributed by atoms with Gasteiger partial charge in [0.25, 0.3) is 0 Å². The molecular weight excluding hydrogens is 450 g/mol. The van der Waals surface area contributed by atoms with E-state index in [0.29, 0.717) is 34.6 Å². The smallest absolute Gasteiger partial charge is 0.159 e. The molecule has 4 heterocycles. The molecule has 0 radical (unpaired) electrons. The van der Waals surface area contributed by atoms with Crippen molar-refractivity contribution in [2.24, 2.45) is 10.6 Å². The standard InChI is InChI=1S/C26H24F2N6O/c1-2-35-32-25(20-4-5-22(27)23(28)8-20)24-6-3-18(11-31-24)13-33-14-26(15-33)16-34(17-26)21-7-19(9-29)10-30-12-21/h3-8,10-12H,2,13-17H2,1H3. The van der Waals surface area contributed by atoms with Crippen LogP contribution in [0.5, 0.6) is 0 Å². The Labute approximate surface area is 202 Å². The number of hydrogen-bond acceptors (Lipinski definition) is 7. The number of anilines is 1. The molecule has 0 atom stereocenters. The van der Waals surface area contributed by atoms with Gasteiger partial charge in [-0.25, -0.2) is 8.78 Å². The van der Waals surface area contributed by atoms with Crippen molar-refractivity contribution in [1.29, 1.82) is 5.26 Å². The van der Waals surface area contributed by atoms with Gasteiger partial charge >= 0.3 is 0 Å². The molecule has 1 aromatic carbocycles. The van der Waals surface area contributed by atoms with Gasteiger partial charge in [0.1, 0.15) is 18.4 Å². The number of oxime groups is 1. The maximum absolute atomic E-state index is 13.8. The van der Waals surface area contributed by atoms with Gasteiger partial charge in [-0.1, -0.05) is 11.2 Å². The molecule has 178 valence electrons. The lowest BCUT2D eigenvalue weighted by Gasteiger charge is -2.61. The molecule has 0 amide bonds. The van der Waals surface area contributed by atoms with Crippen LogP contribution in [0.4, 0.5) is 14.5 Å². The predicted molar refractivity (Wildman–Crippen MR) is 127 cm³/mol. The minimum Gasteiger partial charge on any atom is -0.396 e. The van der Waals surface area contributed by atoms with Gasteiger partial charge in [-0.3, -0.25) is 14.9 Å². The highest BCUT2D eigenvalue weighted by molar-refractivity contribution is 6.11. The van der Waals surface area contributed by atoms with E-state index in [2.05, 4.69) is 31.0 Å². The van der Waals surface area contributed by atoms with Crippen LogP contribution in [0.2, 0.25) is 0 Å². The predicted octanol–water partition coefficient (Wildman–Crippen LogP) is 3.74. The van der Waals surface area contributed by atoms with Crippen molar-refractivity contribution in [3.8, 4) is 6.07 Å². The third kappa shape index (κ3) is 4.70. The van der Waals surface area contributed by atoms with Crippen molar-refractivity contribution >= 4 is 11.4 Å². The fourth-order valence-corrected chi connectivity index (χ4v) is 4.76. The number of aromatic nitrogens is 2. The highest BCUT2D eigenvalue weighted by Crippen LogP contribution is 2.42. The van der Waals surface area contributed by atoms with E-state index in [0.717, 1.165) is 56.1 Å². The lowest BCUT2D eigenvalue weighted by Crippen LogP contribution is -2.72. The van der Waals surface area contributed by atoms with Crippen LogP contribution in [0.3, 0.4) is 0 Å². The topological polar surface area (TPSA) is 77.6 Å². The third-order valence-electron chi connectivity index (χ3n) is 6.34. The zero-order valence-corrected chi connectivity index (χ0v) is 19.3. The van der Waals surface area contributed by atoms with Crippen LogP contribution in [0.15, 0.2) is 60.1 Å². The van der Waals surface area contributed by atoms with Crippen molar-refractivity contribution in [3.05, 3.63) is 89.0 Å². The van der Waals surface area contributed by atoms with E-state index in [4.69, 9.17) is 10.1 Å². The highest BCUT2D eigenvalue weighted by Gasteiger charge is 2.51. The van der Waals surface area contributed by atoms with Crippen molar-refractivity contribution in [2.45, 2.75) is 13.5 Å². The summed E-state index contributed by atoms with van der Waals surface area (Å²) in [5.74, 6) is -1.86. The molecule has 2 aliphatic rings. The lowest BCUT2D eigenvalue weighted by molar-refractivity contribution is -0.0274. The molecule has 2 saturated heterocycles. The number of nitrogens with zero attached hydrogens (tertiary/aromatic N) is 6. The van der Waals surface area contributed by atoms with Gasteiger partial charge in [0.15, 0.2) is 11.6 Å². The van der Waals surface area contributed by atoms with Crippen LogP contribution in [-0.4, -0.2) is 53.4 Å². The van der Waals surface area contributed by atoms with E-state index in [1.54, 1.807) is 25.5 Å². The van der Waals surface area contributed by atoms with E-state index in [1.807, 2.05) is 18.2 Å². The Morgan fingerprint density at radius 1 is 1.09 bits per heavy atom. The molecule has 7 nitrogen and oxygen atoms in total. The van der Waals surface area contributed by atoms with Gasteiger partial charge in [-0.15, -0.1) is 0 Å². The second-order valence-corrected chi connectivity index (χ2v) is 9.08. The summed E-state index contributed by atoms with van der Waals surface area (Å²) in [6.07, 6.45) is 5.17. The normalized spacial score (nSPS) is 17.0. The first-order valence-corrected chi connectivity index (χ1v) is 11.4. The molecule has 0 N–H and O–H groups in total.